The molecule has 0 unspecified atom stereocenters. The van der Waals surface area contributed by atoms with Crippen molar-refractivity contribution in [1.82, 2.24) is 10.3 Å². The van der Waals surface area contributed by atoms with Gasteiger partial charge in [-0.2, -0.15) is 0 Å². The highest BCUT2D eigenvalue weighted by Gasteiger charge is 2.18. The first-order valence-electron chi connectivity index (χ1n) is 8.42. The van der Waals surface area contributed by atoms with Crippen molar-refractivity contribution >= 4 is 5.82 Å². The van der Waals surface area contributed by atoms with Crippen molar-refractivity contribution in [3.05, 3.63) is 59.5 Å². The first kappa shape index (κ1) is 16.9. The lowest BCUT2D eigenvalue weighted by molar-refractivity contribution is 0.0529. The molecule has 0 amide bonds. The molecule has 2 atom stereocenters. The number of nitrogens with one attached hydrogen (secondary N) is 1. The second-order valence-corrected chi connectivity index (χ2v) is 6.31. The molecule has 5 heteroatoms. The molecule has 0 bridgehead atoms. The van der Waals surface area contributed by atoms with Crippen LogP contribution in [0, 0.1) is 5.82 Å². The number of nitrogens with zero attached hydrogens (tertiary/aromatic N) is 2. The van der Waals surface area contributed by atoms with Gasteiger partial charge in [0.1, 0.15) is 11.6 Å². The number of hydrogen-bond donors (Lipinski definition) is 1. The van der Waals surface area contributed by atoms with Gasteiger partial charge in [-0.15, -0.1) is 0 Å². The van der Waals surface area contributed by atoms with E-state index in [0.717, 1.165) is 31.1 Å². The predicted molar refractivity (Wildman–Crippen MR) is 93.5 cm³/mol. The second-order valence-electron chi connectivity index (χ2n) is 6.31. The fourth-order valence-electron chi connectivity index (χ4n) is 2.93. The predicted octanol–water partition coefficient (Wildman–Crippen LogP) is 3.30. The number of hydrogen-bond acceptors (Lipinski definition) is 4. The lowest BCUT2D eigenvalue weighted by Crippen LogP contribution is -2.41. The molecular weight excluding hydrogens is 305 g/mol. The summed E-state index contributed by atoms with van der Waals surface area (Å²) in [6.45, 7) is 7.31. The van der Waals surface area contributed by atoms with Crippen LogP contribution < -0.4 is 10.2 Å². The highest BCUT2D eigenvalue weighted by molar-refractivity contribution is 5.41. The van der Waals surface area contributed by atoms with Gasteiger partial charge in [0.25, 0.3) is 0 Å². The minimum Gasteiger partial charge on any atom is -0.375 e. The molecule has 2 heterocycles. The Labute approximate surface area is 142 Å². The van der Waals surface area contributed by atoms with Crippen LogP contribution in [0.1, 0.15) is 31.0 Å². The first-order valence-corrected chi connectivity index (χ1v) is 8.42. The molecule has 2 aromatic rings. The molecule has 128 valence electrons. The highest BCUT2D eigenvalue weighted by atomic mass is 19.1. The molecule has 1 aromatic carbocycles. The summed E-state index contributed by atoms with van der Waals surface area (Å²) in [5, 5.41) is 3.44. The van der Waals surface area contributed by atoms with Gasteiger partial charge in [-0.3, -0.25) is 0 Å². The van der Waals surface area contributed by atoms with E-state index in [4.69, 9.17) is 4.74 Å². The summed E-state index contributed by atoms with van der Waals surface area (Å²) in [4.78, 5) is 6.74. The van der Waals surface area contributed by atoms with E-state index >= 15 is 0 Å². The van der Waals surface area contributed by atoms with Crippen LogP contribution in [0.5, 0.6) is 0 Å². The minimum absolute atomic E-state index is 0.0840. The number of aromatic nitrogens is 1. The smallest absolute Gasteiger partial charge is 0.128 e. The van der Waals surface area contributed by atoms with Gasteiger partial charge in [0.15, 0.2) is 0 Å². The summed E-state index contributed by atoms with van der Waals surface area (Å²) in [5.41, 5.74) is 2.12. The number of ether oxygens (including phenoxy) is 1. The molecule has 4 nitrogen and oxygen atoms in total. The third-order valence-electron chi connectivity index (χ3n) is 4.34. The van der Waals surface area contributed by atoms with Crippen LogP contribution in [0.4, 0.5) is 10.2 Å². The number of rotatable bonds is 5. The summed E-state index contributed by atoms with van der Waals surface area (Å²) >= 11 is 0. The average molecular weight is 329 g/mol. The van der Waals surface area contributed by atoms with Gasteiger partial charge >= 0.3 is 0 Å². The number of morpholine rings is 1. The van der Waals surface area contributed by atoms with E-state index in [9.17, 15) is 4.39 Å². The lowest BCUT2D eigenvalue weighted by atomic mass is 10.1. The molecule has 0 saturated carbocycles. The molecule has 0 radical (unpaired) electrons. The normalized spacial score (nSPS) is 19.3. The molecule has 1 aromatic heterocycles. The Kier molecular flexibility index (Phi) is 5.43. The van der Waals surface area contributed by atoms with Crippen LogP contribution in [0.2, 0.25) is 0 Å². The molecule has 1 aliphatic rings. The minimum atomic E-state index is -0.200. The topological polar surface area (TPSA) is 37.4 Å². The van der Waals surface area contributed by atoms with Crippen molar-refractivity contribution in [3.8, 4) is 0 Å². The van der Waals surface area contributed by atoms with Crippen LogP contribution in [-0.2, 0) is 11.3 Å². The molecule has 24 heavy (non-hydrogen) atoms. The molecule has 1 aliphatic heterocycles. The van der Waals surface area contributed by atoms with E-state index in [2.05, 4.69) is 28.2 Å². The van der Waals surface area contributed by atoms with Crippen molar-refractivity contribution < 1.29 is 9.13 Å². The average Bonchev–Trinajstić information content (AvgIpc) is 2.60. The monoisotopic (exact) mass is 329 g/mol. The van der Waals surface area contributed by atoms with E-state index in [-0.39, 0.29) is 18.0 Å². The zero-order chi connectivity index (χ0) is 16.9. The SMILES string of the molecule is C[C@@H]1CN(c2cc(CN[C@@H](C)c3cccc(F)c3)ccn2)CCO1. The van der Waals surface area contributed by atoms with E-state index < -0.39 is 0 Å². The molecule has 3 rings (SSSR count). The van der Waals surface area contributed by atoms with E-state index in [1.807, 2.05) is 25.3 Å². The maximum atomic E-state index is 13.3. The Balaban J connectivity index is 1.62. The maximum Gasteiger partial charge on any atom is 0.128 e. The van der Waals surface area contributed by atoms with Crippen LogP contribution in [0.25, 0.3) is 0 Å². The van der Waals surface area contributed by atoms with E-state index in [1.54, 1.807) is 12.1 Å². The van der Waals surface area contributed by atoms with Gasteiger partial charge in [-0.1, -0.05) is 12.1 Å². The van der Waals surface area contributed by atoms with Crippen LogP contribution in [0.15, 0.2) is 42.6 Å². The van der Waals surface area contributed by atoms with Crippen LogP contribution >= 0.6 is 0 Å². The van der Waals surface area contributed by atoms with Crippen molar-refractivity contribution in [2.24, 2.45) is 0 Å². The molecule has 1 fully saturated rings. The van der Waals surface area contributed by atoms with Crippen molar-refractivity contribution in [2.45, 2.75) is 32.5 Å². The molecule has 1 N–H and O–H groups in total. The Hall–Kier alpha value is -1.98. The number of pyridine rings is 1. The second kappa shape index (κ2) is 7.73. The van der Waals surface area contributed by atoms with E-state index in [0.29, 0.717) is 6.54 Å². The maximum absolute atomic E-state index is 13.3. The van der Waals surface area contributed by atoms with Gasteiger partial charge in [0.05, 0.1) is 12.7 Å². The molecule has 1 saturated heterocycles. The fourth-order valence-corrected chi connectivity index (χ4v) is 2.93. The first-order chi connectivity index (χ1) is 11.6. The summed E-state index contributed by atoms with van der Waals surface area (Å²) in [5.74, 6) is 0.789. The van der Waals surface area contributed by atoms with Gasteiger partial charge in [0.2, 0.25) is 0 Å². The molecular formula is C19H24FN3O. The van der Waals surface area contributed by atoms with Crippen LogP contribution in [0.3, 0.4) is 0 Å². The van der Waals surface area contributed by atoms with Gasteiger partial charge in [-0.25, -0.2) is 9.37 Å². The van der Waals surface area contributed by atoms with Crippen molar-refractivity contribution in [2.75, 3.05) is 24.6 Å². The summed E-state index contributed by atoms with van der Waals surface area (Å²) < 4.78 is 18.9. The summed E-state index contributed by atoms with van der Waals surface area (Å²) in [6.07, 6.45) is 2.08. The Morgan fingerprint density at radius 2 is 2.25 bits per heavy atom. The largest absolute Gasteiger partial charge is 0.375 e. The Morgan fingerprint density at radius 1 is 1.38 bits per heavy atom. The Morgan fingerprint density at radius 3 is 3.04 bits per heavy atom. The van der Waals surface area contributed by atoms with Gasteiger partial charge in [0, 0.05) is 31.9 Å². The van der Waals surface area contributed by atoms with Gasteiger partial charge in [-0.05, 0) is 49.2 Å². The number of benzene rings is 1. The highest BCUT2D eigenvalue weighted by Crippen LogP contribution is 2.18. The quantitative estimate of drug-likeness (QED) is 0.913. The Bertz CT molecular complexity index is 679. The van der Waals surface area contributed by atoms with Gasteiger partial charge < -0.3 is 15.0 Å². The zero-order valence-corrected chi connectivity index (χ0v) is 14.2. The summed E-state index contributed by atoms with van der Waals surface area (Å²) in [6, 6.07) is 10.9. The number of halogens is 1. The number of anilines is 1. The summed E-state index contributed by atoms with van der Waals surface area (Å²) in [7, 11) is 0. The molecule has 0 aliphatic carbocycles. The lowest BCUT2D eigenvalue weighted by Gasteiger charge is -2.32. The molecule has 0 spiro atoms. The van der Waals surface area contributed by atoms with E-state index in [1.165, 1.54) is 11.6 Å². The zero-order valence-electron chi connectivity index (χ0n) is 14.2. The standard InChI is InChI=1S/C19H24FN3O/c1-14-13-23(8-9-24-14)19-10-16(6-7-21-19)12-22-15(2)17-4-3-5-18(20)11-17/h3-7,10-11,14-15,22H,8-9,12-13H2,1-2H3/t14-,15+/m1/s1. The van der Waals surface area contributed by atoms with Crippen molar-refractivity contribution in [3.63, 3.8) is 0 Å². The van der Waals surface area contributed by atoms with Crippen molar-refractivity contribution in [1.29, 1.82) is 0 Å². The third-order valence-corrected chi connectivity index (χ3v) is 4.34. The van der Waals surface area contributed by atoms with Crippen LogP contribution in [-0.4, -0.2) is 30.8 Å². The third kappa shape index (κ3) is 4.30. The fraction of sp³-hybridized carbons (Fsp3) is 0.421.